The molecule has 6 nitrogen and oxygen atoms in total. The van der Waals surface area contributed by atoms with Gasteiger partial charge in [0.2, 0.25) is 0 Å². The summed E-state index contributed by atoms with van der Waals surface area (Å²) in [5, 5.41) is 0. The lowest BCUT2D eigenvalue weighted by Gasteiger charge is -2.18. The predicted octanol–water partition coefficient (Wildman–Crippen LogP) is 24.2. The second-order valence-electron chi connectivity index (χ2n) is 23.4. The monoisotopic (exact) mass is 1130 g/mol. The molecule has 0 aromatic rings. The Morgan fingerprint density at radius 3 is 0.815 bits per heavy atom. The van der Waals surface area contributed by atoms with E-state index in [-0.39, 0.29) is 31.6 Å². The van der Waals surface area contributed by atoms with Gasteiger partial charge < -0.3 is 14.2 Å². The molecule has 6 heteroatoms. The summed E-state index contributed by atoms with van der Waals surface area (Å²) in [7, 11) is 0. The molecule has 0 radical (unpaired) electrons. The molecule has 0 amide bonds. The highest BCUT2D eigenvalue weighted by atomic mass is 16.6. The molecule has 0 aromatic heterocycles. The highest BCUT2D eigenvalue weighted by molar-refractivity contribution is 5.72. The van der Waals surface area contributed by atoms with Gasteiger partial charge in [0.1, 0.15) is 13.2 Å². The van der Waals surface area contributed by atoms with Crippen molar-refractivity contribution in [2.75, 3.05) is 13.2 Å². The van der Waals surface area contributed by atoms with E-state index in [0.29, 0.717) is 12.8 Å². The van der Waals surface area contributed by atoms with Crippen LogP contribution in [-0.2, 0) is 28.6 Å². The van der Waals surface area contributed by atoms with Crippen molar-refractivity contribution in [3.05, 3.63) is 85.1 Å². The number of esters is 3. The molecule has 1 atom stereocenters. The molecular formula is C75H132O6. The number of carbonyl (C=O) groups excluding carboxylic acids is 3. The molecule has 0 aliphatic rings. The van der Waals surface area contributed by atoms with Gasteiger partial charge in [0.25, 0.3) is 0 Å². The Kier molecular flexibility index (Phi) is 66.2. The topological polar surface area (TPSA) is 78.9 Å². The quantitative estimate of drug-likeness (QED) is 0.0261. The number of carbonyl (C=O) groups is 3. The van der Waals surface area contributed by atoms with Gasteiger partial charge in [-0.2, -0.15) is 0 Å². The molecule has 0 N–H and O–H groups in total. The molecule has 468 valence electrons. The maximum atomic E-state index is 12.8. The Labute approximate surface area is 503 Å². The first-order valence-electron chi connectivity index (χ1n) is 35.1. The third-order valence-corrected chi connectivity index (χ3v) is 15.4. The van der Waals surface area contributed by atoms with E-state index in [0.717, 1.165) is 83.5 Å². The van der Waals surface area contributed by atoms with Crippen LogP contribution in [0.15, 0.2) is 85.1 Å². The Balaban J connectivity index is 4.12. The molecule has 0 bridgehead atoms. The first-order chi connectivity index (χ1) is 40.0. The second kappa shape index (κ2) is 69.1. The summed E-state index contributed by atoms with van der Waals surface area (Å²) in [5.41, 5.74) is 0. The van der Waals surface area contributed by atoms with Crippen LogP contribution in [0.2, 0.25) is 0 Å². The fourth-order valence-electron chi connectivity index (χ4n) is 10.2. The fraction of sp³-hybridized carbons (Fsp3) is 0.773. The number of unbranched alkanes of at least 4 members (excludes halogenated alkanes) is 40. The average Bonchev–Trinajstić information content (AvgIpc) is 3.46. The van der Waals surface area contributed by atoms with Crippen LogP contribution >= 0.6 is 0 Å². The van der Waals surface area contributed by atoms with E-state index in [9.17, 15) is 14.4 Å². The molecule has 0 saturated carbocycles. The molecule has 0 saturated heterocycles. The van der Waals surface area contributed by atoms with Crippen molar-refractivity contribution < 1.29 is 28.6 Å². The van der Waals surface area contributed by atoms with Crippen LogP contribution in [0.1, 0.15) is 355 Å². The summed E-state index contributed by atoms with van der Waals surface area (Å²) in [6.45, 7) is 6.45. The molecule has 1 unspecified atom stereocenters. The van der Waals surface area contributed by atoms with Crippen molar-refractivity contribution >= 4 is 17.9 Å². The molecular weight excluding hydrogens is 997 g/mol. The smallest absolute Gasteiger partial charge is 0.310 e. The Morgan fingerprint density at radius 2 is 0.519 bits per heavy atom. The third kappa shape index (κ3) is 67.3. The maximum absolute atomic E-state index is 12.8. The van der Waals surface area contributed by atoms with Crippen molar-refractivity contribution in [3.63, 3.8) is 0 Å². The van der Waals surface area contributed by atoms with Crippen LogP contribution in [0.3, 0.4) is 0 Å². The van der Waals surface area contributed by atoms with Crippen molar-refractivity contribution in [2.45, 2.75) is 361 Å². The van der Waals surface area contributed by atoms with Gasteiger partial charge in [-0.05, 0) is 96.3 Å². The highest BCUT2D eigenvalue weighted by Gasteiger charge is 2.19. The lowest BCUT2D eigenvalue weighted by molar-refractivity contribution is -0.166. The molecule has 0 fully saturated rings. The largest absolute Gasteiger partial charge is 0.462 e. The van der Waals surface area contributed by atoms with Gasteiger partial charge in [-0.25, -0.2) is 0 Å². The van der Waals surface area contributed by atoms with Gasteiger partial charge in [-0.15, -0.1) is 0 Å². The summed E-state index contributed by atoms with van der Waals surface area (Å²) in [6, 6.07) is 0. The molecule has 0 aliphatic heterocycles. The maximum Gasteiger partial charge on any atom is 0.310 e. The number of ether oxygens (including phenoxy) is 3. The van der Waals surface area contributed by atoms with Gasteiger partial charge in [-0.1, -0.05) is 324 Å². The summed E-state index contributed by atoms with van der Waals surface area (Å²) < 4.78 is 16.8. The van der Waals surface area contributed by atoms with Crippen molar-refractivity contribution in [1.82, 2.24) is 0 Å². The zero-order valence-corrected chi connectivity index (χ0v) is 53.8. The second-order valence-corrected chi connectivity index (χ2v) is 23.4. The lowest BCUT2D eigenvalue weighted by atomic mass is 10.0. The van der Waals surface area contributed by atoms with Gasteiger partial charge >= 0.3 is 17.9 Å². The van der Waals surface area contributed by atoms with E-state index in [1.54, 1.807) is 6.08 Å². The van der Waals surface area contributed by atoms with Crippen LogP contribution in [-0.4, -0.2) is 37.2 Å². The van der Waals surface area contributed by atoms with Crippen molar-refractivity contribution in [1.29, 1.82) is 0 Å². The van der Waals surface area contributed by atoms with E-state index >= 15 is 0 Å². The SMILES string of the molecule is CC/C=C\C/C=C\C/C=C\C/C=C\C/C=C\CC(=O)OC(COC(=O)CCCCCCC/C=C\CCCCCC)COC(=O)CCCCCCCCCCCCCCCCCCCCCCCCC/C=C\CCCCCCCCCC. The normalized spacial score (nSPS) is 12.6. The summed E-state index contributed by atoms with van der Waals surface area (Å²) >= 11 is 0. The zero-order valence-electron chi connectivity index (χ0n) is 53.8. The molecule has 81 heavy (non-hydrogen) atoms. The molecule has 0 spiro atoms. The summed E-state index contributed by atoms with van der Waals surface area (Å²) in [4.78, 5) is 38.2. The van der Waals surface area contributed by atoms with Crippen LogP contribution < -0.4 is 0 Å². The predicted molar refractivity (Wildman–Crippen MR) is 353 cm³/mol. The molecule has 0 heterocycles. The standard InChI is InChI=1S/C75H132O6/c1-4-7-10-13-16-19-22-25-27-28-29-30-31-32-33-34-35-36-37-38-39-40-41-42-43-44-45-46-48-50-53-56-59-62-65-68-74(77)80-71-72(70-79-73(76)67-64-61-58-55-52-49-24-21-18-15-12-9-6-3)81-75(78)69-66-63-60-57-54-51-47-26-23-20-17-14-11-8-5-2/h8,11,17,20-21,24,26,28-29,47,54,57,63,66,72H,4-7,9-10,12-16,18-19,22-23,25,27,30-46,48-53,55-56,58-62,64-65,67-71H2,1-3H3/b11-8-,20-17-,24-21-,29-28-,47-26-,57-54-,66-63-. The average molecular weight is 1130 g/mol. The first-order valence-corrected chi connectivity index (χ1v) is 35.1. The Bertz CT molecular complexity index is 1530. The molecule has 0 rings (SSSR count). The minimum absolute atomic E-state index is 0.0967. The molecule has 0 aromatic carbocycles. The van der Waals surface area contributed by atoms with E-state index < -0.39 is 12.1 Å². The zero-order chi connectivity index (χ0) is 58.5. The van der Waals surface area contributed by atoms with Gasteiger partial charge in [0.05, 0.1) is 6.42 Å². The van der Waals surface area contributed by atoms with E-state index in [2.05, 4.69) is 93.7 Å². The van der Waals surface area contributed by atoms with Crippen molar-refractivity contribution in [3.8, 4) is 0 Å². The minimum Gasteiger partial charge on any atom is -0.462 e. The van der Waals surface area contributed by atoms with Gasteiger partial charge in [0, 0.05) is 12.8 Å². The van der Waals surface area contributed by atoms with E-state index in [1.165, 1.54) is 231 Å². The number of hydrogen-bond acceptors (Lipinski definition) is 6. The van der Waals surface area contributed by atoms with Crippen LogP contribution in [0.4, 0.5) is 0 Å². The number of rotatable bonds is 64. The number of allylic oxidation sites excluding steroid dienone is 13. The van der Waals surface area contributed by atoms with Crippen molar-refractivity contribution in [2.24, 2.45) is 0 Å². The van der Waals surface area contributed by atoms with E-state index in [4.69, 9.17) is 14.2 Å². The molecule has 0 aliphatic carbocycles. The highest BCUT2D eigenvalue weighted by Crippen LogP contribution is 2.18. The fourth-order valence-corrected chi connectivity index (χ4v) is 10.2. The number of hydrogen-bond donors (Lipinski definition) is 0. The lowest BCUT2D eigenvalue weighted by Crippen LogP contribution is -2.30. The van der Waals surface area contributed by atoms with Crippen LogP contribution in [0.25, 0.3) is 0 Å². The minimum atomic E-state index is -0.834. The first kappa shape index (κ1) is 77.6. The summed E-state index contributed by atoms with van der Waals surface area (Å²) in [6.07, 6.45) is 92.4. The third-order valence-electron chi connectivity index (χ3n) is 15.4. The van der Waals surface area contributed by atoms with Gasteiger partial charge in [0.15, 0.2) is 6.10 Å². The summed E-state index contributed by atoms with van der Waals surface area (Å²) in [5.74, 6) is -1.04. The Hall–Kier alpha value is -3.41. The van der Waals surface area contributed by atoms with Gasteiger partial charge in [-0.3, -0.25) is 14.4 Å². The Morgan fingerprint density at radius 1 is 0.272 bits per heavy atom. The van der Waals surface area contributed by atoms with E-state index in [1.807, 2.05) is 6.08 Å². The van der Waals surface area contributed by atoms with Crippen LogP contribution in [0.5, 0.6) is 0 Å². The van der Waals surface area contributed by atoms with Crippen LogP contribution in [0, 0.1) is 0 Å².